The lowest BCUT2D eigenvalue weighted by atomic mass is 10.2. The van der Waals surface area contributed by atoms with Gasteiger partial charge in [-0.3, -0.25) is 4.79 Å². The number of carbonyl (C=O) groups excluding carboxylic acids is 3. The van der Waals surface area contributed by atoms with E-state index in [0.29, 0.717) is 17.5 Å². The molecule has 0 radical (unpaired) electrons. The van der Waals surface area contributed by atoms with E-state index < -0.39 is 23.6 Å². The molecule has 1 aliphatic rings. The molecule has 25 heavy (non-hydrogen) atoms. The number of thioether (sulfide) groups is 1. The fraction of sp³-hybridized carbons (Fsp3) is 0.312. The summed E-state index contributed by atoms with van der Waals surface area (Å²) in [6.07, 6.45) is 1.52. The van der Waals surface area contributed by atoms with Crippen molar-refractivity contribution in [3.05, 3.63) is 46.5 Å². The summed E-state index contributed by atoms with van der Waals surface area (Å²) in [6, 6.07) is 2.41. The normalized spacial score (nSPS) is 15.6. The average molecular weight is 371 g/mol. The number of amides is 1. The maximum atomic E-state index is 13.1. The Kier molecular flexibility index (Phi) is 6.51. The third kappa shape index (κ3) is 5.28. The number of hydrogen-bond donors (Lipinski definition) is 0. The Morgan fingerprint density at radius 1 is 1.28 bits per heavy atom. The molecule has 1 amide bonds. The van der Waals surface area contributed by atoms with Gasteiger partial charge in [-0.2, -0.15) is 0 Å². The van der Waals surface area contributed by atoms with Gasteiger partial charge in [0.15, 0.2) is 0 Å². The van der Waals surface area contributed by atoms with E-state index in [9.17, 15) is 23.2 Å². The number of esters is 2. The highest BCUT2D eigenvalue weighted by atomic mass is 32.2. The second kappa shape index (κ2) is 8.61. The Hall–Kier alpha value is -2.42. The van der Waals surface area contributed by atoms with Crippen molar-refractivity contribution in [2.75, 3.05) is 26.0 Å². The Bertz CT molecular complexity index is 702. The summed E-state index contributed by atoms with van der Waals surface area (Å²) >= 11 is 1.21. The highest BCUT2D eigenvalue weighted by Crippen LogP contribution is 2.28. The lowest BCUT2D eigenvalue weighted by Crippen LogP contribution is -2.27. The molecule has 6 nitrogen and oxygen atoms in total. The fourth-order valence-electron chi connectivity index (χ4n) is 2.07. The molecule has 1 fully saturated rings. The highest BCUT2D eigenvalue weighted by Gasteiger charge is 2.27. The van der Waals surface area contributed by atoms with Crippen molar-refractivity contribution in [2.24, 2.45) is 0 Å². The molecule has 1 saturated heterocycles. The predicted molar refractivity (Wildman–Crippen MR) is 85.5 cm³/mol. The summed E-state index contributed by atoms with van der Waals surface area (Å²) in [5.74, 6) is -3.12. The van der Waals surface area contributed by atoms with Crippen LogP contribution < -0.4 is 0 Å². The molecular weight excluding hydrogens is 356 g/mol. The van der Waals surface area contributed by atoms with Crippen molar-refractivity contribution in [2.45, 2.75) is 6.42 Å². The summed E-state index contributed by atoms with van der Waals surface area (Å²) in [4.78, 5) is 36.2. The van der Waals surface area contributed by atoms with Gasteiger partial charge in [0.1, 0.15) is 11.6 Å². The van der Waals surface area contributed by atoms with Crippen LogP contribution in [0, 0.1) is 11.6 Å². The number of halogens is 2. The van der Waals surface area contributed by atoms with Crippen LogP contribution in [0.15, 0.2) is 29.3 Å². The largest absolute Gasteiger partial charge is 0.466 e. The summed E-state index contributed by atoms with van der Waals surface area (Å²) < 4.78 is 35.6. The van der Waals surface area contributed by atoms with Gasteiger partial charge in [0.2, 0.25) is 5.91 Å². The Morgan fingerprint density at radius 3 is 2.60 bits per heavy atom. The maximum absolute atomic E-state index is 13.1. The van der Waals surface area contributed by atoms with Crippen molar-refractivity contribution in [1.29, 1.82) is 0 Å². The van der Waals surface area contributed by atoms with E-state index in [0.717, 1.165) is 12.1 Å². The van der Waals surface area contributed by atoms with E-state index in [2.05, 4.69) is 4.74 Å². The number of ether oxygens (including phenoxy) is 2. The van der Waals surface area contributed by atoms with E-state index in [4.69, 9.17) is 4.74 Å². The first-order chi connectivity index (χ1) is 11.9. The van der Waals surface area contributed by atoms with Crippen molar-refractivity contribution in [3.8, 4) is 0 Å². The van der Waals surface area contributed by atoms with Crippen LogP contribution in [0.3, 0.4) is 0 Å². The van der Waals surface area contributed by atoms with Gasteiger partial charge >= 0.3 is 11.9 Å². The Morgan fingerprint density at radius 2 is 1.96 bits per heavy atom. The standard InChI is InChI=1S/C16H15F2NO5S/c1-23-15(21)8-14-19(13(20)9-25-14)3-2-4-24-16(22)10-5-11(17)7-12(18)6-10/h5-8H,2-4,9H2,1H3/b14-8+. The van der Waals surface area contributed by atoms with Crippen molar-refractivity contribution >= 4 is 29.6 Å². The van der Waals surface area contributed by atoms with Gasteiger partial charge in [0.25, 0.3) is 0 Å². The van der Waals surface area contributed by atoms with Gasteiger partial charge in [-0.1, -0.05) is 11.8 Å². The molecule has 0 aromatic heterocycles. The lowest BCUT2D eigenvalue weighted by molar-refractivity contribution is -0.134. The van der Waals surface area contributed by atoms with Crippen LogP contribution in [0.25, 0.3) is 0 Å². The summed E-state index contributed by atoms with van der Waals surface area (Å²) in [5.41, 5.74) is -0.225. The zero-order valence-corrected chi connectivity index (χ0v) is 14.1. The quantitative estimate of drug-likeness (QED) is 0.433. The smallest absolute Gasteiger partial charge is 0.338 e. The van der Waals surface area contributed by atoms with Crippen LogP contribution in [0.1, 0.15) is 16.8 Å². The monoisotopic (exact) mass is 371 g/mol. The van der Waals surface area contributed by atoms with Crippen LogP contribution in [-0.2, 0) is 19.1 Å². The fourth-order valence-corrected chi connectivity index (χ4v) is 3.03. The molecule has 0 saturated carbocycles. The van der Waals surface area contributed by atoms with Crippen LogP contribution in [0.4, 0.5) is 8.78 Å². The molecule has 2 rings (SSSR count). The highest BCUT2D eigenvalue weighted by molar-refractivity contribution is 8.04. The van der Waals surface area contributed by atoms with E-state index >= 15 is 0 Å². The molecule has 1 aromatic rings. The molecule has 1 aromatic carbocycles. The minimum absolute atomic E-state index is 0.0447. The molecular formula is C16H15F2NO5S. The van der Waals surface area contributed by atoms with Crippen molar-refractivity contribution < 1.29 is 32.6 Å². The van der Waals surface area contributed by atoms with Crippen LogP contribution in [0.5, 0.6) is 0 Å². The molecule has 0 unspecified atom stereocenters. The molecule has 0 atom stereocenters. The van der Waals surface area contributed by atoms with Gasteiger partial charge in [-0.05, 0) is 18.6 Å². The molecule has 1 aliphatic heterocycles. The molecule has 134 valence electrons. The third-order valence-electron chi connectivity index (χ3n) is 3.21. The topological polar surface area (TPSA) is 72.9 Å². The van der Waals surface area contributed by atoms with E-state index in [1.54, 1.807) is 0 Å². The second-order valence-corrected chi connectivity index (χ2v) is 5.98. The molecule has 1 heterocycles. The van der Waals surface area contributed by atoms with Gasteiger partial charge in [-0.15, -0.1) is 0 Å². The molecule has 0 bridgehead atoms. The summed E-state index contributed by atoms with van der Waals surface area (Å²) in [7, 11) is 1.24. The van der Waals surface area contributed by atoms with Gasteiger partial charge < -0.3 is 14.4 Å². The van der Waals surface area contributed by atoms with Crippen LogP contribution in [0.2, 0.25) is 0 Å². The van der Waals surface area contributed by atoms with Crippen molar-refractivity contribution in [1.82, 2.24) is 4.90 Å². The molecule has 0 aliphatic carbocycles. The van der Waals surface area contributed by atoms with Gasteiger partial charge in [-0.25, -0.2) is 18.4 Å². The number of hydrogen-bond acceptors (Lipinski definition) is 6. The molecule has 0 spiro atoms. The number of methoxy groups -OCH3 is 1. The summed E-state index contributed by atoms with van der Waals surface area (Å²) in [6.45, 7) is 0.191. The van der Waals surface area contributed by atoms with E-state index in [1.807, 2.05) is 0 Å². The summed E-state index contributed by atoms with van der Waals surface area (Å²) in [5, 5.41) is 0.468. The number of nitrogens with zero attached hydrogens (tertiary/aromatic N) is 1. The number of carbonyl (C=O) groups is 3. The molecule has 0 N–H and O–H groups in total. The lowest BCUT2D eigenvalue weighted by Gasteiger charge is -2.16. The number of benzene rings is 1. The van der Waals surface area contributed by atoms with Crippen LogP contribution in [-0.4, -0.2) is 48.8 Å². The van der Waals surface area contributed by atoms with E-state index in [1.165, 1.54) is 29.8 Å². The number of rotatable bonds is 6. The van der Waals surface area contributed by atoms with Crippen molar-refractivity contribution in [3.63, 3.8) is 0 Å². The first kappa shape index (κ1) is 18.9. The van der Waals surface area contributed by atoms with Crippen LogP contribution >= 0.6 is 11.8 Å². The second-order valence-electron chi connectivity index (χ2n) is 4.99. The third-order valence-corrected chi connectivity index (χ3v) is 4.24. The Labute approximate surface area is 146 Å². The SMILES string of the molecule is COC(=O)/C=C1/SCC(=O)N1CCCOC(=O)c1cc(F)cc(F)c1. The molecule has 9 heteroatoms. The zero-order valence-electron chi connectivity index (χ0n) is 13.3. The predicted octanol–water partition coefficient (Wildman–Crippen LogP) is 2.10. The van der Waals surface area contributed by atoms with Gasteiger partial charge in [0, 0.05) is 12.6 Å². The first-order valence-electron chi connectivity index (χ1n) is 7.26. The first-order valence-corrected chi connectivity index (χ1v) is 8.25. The maximum Gasteiger partial charge on any atom is 0.338 e. The minimum atomic E-state index is -0.871. The minimum Gasteiger partial charge on any atom is -0.466 e. The van der Waals surface area contributed by atoms with Gasteiger partial charge in [0.05, 0.1) is 36.1 Å². The zero-order chi connectivity index (χ0) is 18.4. The Balaban J connectivity index is 1.85. The average Bonchev–Trinajstić information content (AvgIpc) is 2.90. The van der Waals surface area contributed by atoms with E-state index in [-0.39, 0.29) is 30.4 Å².